The van der Waals surface area contributed by atoms with E-state index >= 15 is 0 Å². The molecule has 2 aromatic heterocycles. The number of hydrogen-bond donors (Lipinski definition) is 1. The Morgan fingerprint density at radius 2 is 2.33 bits per heavy atom. The fourth-order valence-electron chi connectivity index (χ4n) is 1.58. The fraction of sp³-hybridized carbons (Fsp3) is 0.333. The number of rotatable bonds is 4. The summed E-state index contributed by atoms with van der Waals surface area (Å²) in [5.74, 6) is 0. The molecule has 2 heterocycles. The van der Waals surface area contributed by atoms with Crippen LogP contribution in [0.5, 0.6) is 0 Å². The molecule has 80 valence electrons. The van der Waals surface area contributed by atoms with Gasteiger partial charge in [0.15, 0.2) is 0 Å². The second-order valence-corrected chi connectivity index (χ2v) is 4.62. The molecule has 0 radical (unpaired) electrons. The Hall–Kier alpha value is -1.06. The van der Waals surface area contributed by atoms with Crippen LogP contribution < -0.4 is 5.32 Å². The first-order valence-electron chi connectivity index (χ1n) is 5.12. The zero-order valence-electron chi connectivity index (χ0n) is 9.10. The van der Waals surface area contributed by atoms with Crippen LogP contribution in [-0.2, 0) is 13.6 Å². The number of nitrogens with one attached hydrogen (secondary N) is 1. The molecular formula is C12H16N2S. The first-order valence-corrected chi connectivity index (χ1v) is 6.06. The van der Waals surface area contributed by atoms with Crippen LogP contribution in [0.1, 0.15) is 24.1 Å². The van der Waals surface area contributed by atoms with Crippen LogP contribution in [0, 0.1) is 0 Å². The van der Waals surface area contributed by atoms with Crippen LogP contribution >= 0.6 is 11.3 Å². The summed E-state index contributed by atoms with van der Waals surface area (Å²) in [5.41, 5.74) is 2.70. The van der Waals surface area contributed by atoms with Crippen LogP contribution in [0.25, 0.3) is 0 Å². The largest absolute Gasteiger partial charge is 0.357 e. The lowest BCUT2D eigenvalue weighted by Crippen LogP contribution is -2.17. The number of nitrogens with zero attached hydrogens (tertiary/aromatic N) is 1. The molecule has 0 bridgehead atoms. The van der Waals surface area contributed by atoms with Crippen LogP contribution in [-0.4, -0.2) is 4.57 Å². The molecule has 0 saturated carbocycles. The lowest BCUT2D eigenvalue weighted by atomic mass is 10.2. The summed E-state index contributed by atoms with van der Waals surface area (Å²) in [6.45, 7) is 3.13. The third kappa shape index (κ3) is 2.70. The van der Waals surface area contributed by atoms with E-state index in [-0.39, 0.29) is 0 Å². The fourth-order valence-corrected chi connectivity index (χ4v) is 2.33. The van der Waals surface area contributed by atoms with Crippen LogP contribution in [0.4, 0.5) is 0 Å². The van der Waals surface area contributed by atoms with Gasteiger partial charge in [-0.1, -0.05) is 0 Å². The van der Waals surface area contributed by atoms with Crippen molar-refractivity contribution in [3.63, 3.8) is 0 Å². The summed E-state index contributed by atoms with van der Waals surface area (Å²) >= 11 is 1.75. The highest BCUT2D eigenvalue weighted by Gasteiger charge is 2.04. The molecule has 0 fully saturated rings. The topological polar surface area (TPSA) is 17.0 Å². The van der Waals surface area contributed by atoms with E-state index in [9.17, 15) is 0 Å². The van der Waals surface area contributed by atoms with E-state index < -0.39 is 0 Å². The maximum Gasteiger partial charge on any atom is 0.0303 e. The van der Waals surface area contributed by atoms with Crippen LogP contribution in [0.2, 0.25) is 0 Å². The van der Waals surface area contributed by atoms with E-state index in [0.29, 0.717) is 6.04 Å². The van der Waals surface area contributed by atoms with Gasteiger partial charge in [0.25, 0.3) is 0 Å². The van der Waals surface area contributed by atoms with E-state index in [1.165, 1.54) is 11.1 Å². The maximum atomic E-state index is 3.51. The Kier molecular flexibility index (Phi) is 3.23. The number of hydrogen-bond acceptors (Lipinski definition) is 2. The van der Waals surface area contributed by atoms with Crippen molar-refractivity contribution in [2.24, 2.45) is 7.05 Å². The molecule has 1 N–H and O–H groups in total. The molecule has 15 heavy (non-hydrogen) atoms. The lowest BCUT2D eigenvalue weighted by Gasteiger charge is -2.11. The zero-order chi connectivity index (χ0) is 10.7. The van der Waals surface area contributed by atoms with E-state index in [2.05, 4.69) is 52.1 Å². The van der Waals surface area contributed by atoms with E-state index in [1.807, 2.05) is 7.05 Å². The monoisotopic (exact) mass is 220 g/mol. The highest BCUT2D eigenvalue weighted by Crippen LogP contribution is 2.16. The molecule has 2 nitrogen and oxygen atoms in total. The summed E-state index contributed by atoms with van der Waals surface area (Å²) in [7, 11) is 2.05. The van der Waals surface area contributed by atoms with E-state index in [4.69, 9.17) is 0 Å². The number of aromatic nitrogens is 1. The highest BCUT2D eigenvalue weighted by molar-refractivity contribution is 7.07. The molecule has 0 saturated heterocycles. The lowest BCUT2D eigenvalue weighted by molar-refractivity contribution is 0.576. The zero-order valence-corrected chi connectivity index (χ0v) is 9.92. The molecule has 0 aliphatic rings. The predicted molar refractivity (Wildman–Crippen MR) is 65.0 cm³/mol. The minimum Gasteiger partial charge on any atom is -0.357 e. The summed E-state index contributed by atoms with van der Waals surface area (Å²) in [6.07, 6.45) is 4.22. The Bertz CT molecular complexity index is 403. The summed E-state index contributed by atoms with van der Waals surface area (Å²) in [5, 5.41) is 7.83. The average Bonchev–Trinajstić information content (AvgIpc) is 2.84. The third-order valence-corrected chi connectivity index (χ3v) is 3.25. The van der Waals surface area contributed by atoms with Gasteiger partial charge in [0.2, 0.25) is 0 Å². The van der Waals surface area contributed by atoms with Crippen LogP contribution in [0.15, 0.2) is 35.3 Å². The van der Waals surface area contributed by atoms with Crippen molar-refractivity contribution in [3.8, 4) is 0 Å². The van der Waals surface area contributed by atoms with Crippen molar-refractivity contribution in [3.05, 3.63) is 46.4 Å². The minimum atomic E-state index is 0.427. The summed E-state index contributed by atoms with van der Waals surface area (Å²) < 4.78 is 2.08. The van der Waals surface area contributed by atoms with Gasteiger partial charge in [-0.2, -0.15) is 11.3 Å². The Balaban J connectivity index is 1.88. The molecular weight excluding hydrogens is 204 g/mol. The smallest absolute Gasteiger partial charge is 0.0303 e. The maximum absolute atomic E-state index is 3.51. The third-order valence-electron chi connectivity index (χ3n) is 2.55. The van der Waals surface area contributed by atoms with Gasteiger partial charge in [-0.05, 0) is 40.9 Å². The standard InChI is InChI=1S/C12H16N2S/c1-10(12-4-6-15-9-12)13-7-11-3-5-14(2)8-11/h3-6,8-10,13H,7H2,1-2H3. The van der Waals surface area contributed by atoms with Crippen molar-refractivity contribution in [2.45, 2.75) is 19.5 Å². The van der Waals surface area contributed by atoms with Gasteiger partial charge in [0, 0.05) is 32.0 Å². The van der Waals surface area contributed by atoms with Gasteiger partial charge in [0.05, 0.1) is 0 Å². The molecule has 0 spiro atoms. The molecule has 1 unspecified atom stereocenters. The molecule has 2 aromatic rings. The first-order chi connectivity index (χ1) is 7.25. The van der Waals surface area contributed by atoms with Gasteiger partial charge < -0.3 is 9.88 Å². The van der Waals surface area contributed by atoms with Gasteiger partial charge in [-0.3, -0.25) is 0 Å². The Morgan fingerprint density at radius 3 is 2.93 bits per heavy atom. The van der Waals surface area contributed by atoms with Gasteiger partial charge in [0.1, 0.15) is 0 Å². The first kappa shape index (κ1) is 10.5. The van der Waals surface area contributed by atoms with Crippen molar-refractivity contribution in [2.75, 3.05) is 0 Å². The van der Waals surface area contributed by atoms with E-state index in [1.54, 1.807) is 11.3 Å². The number of thiophene rings is 1. The molecule has 0 aliphatic carbocycles. The van der Waals surface area contributed by atoms with Crippen LogP contribution in [0.3, 0.4) is 0 Å². The molecule has 0 amide bonds. The van der Waals surface area contributed by atoms with Crippen molar-refractivity contribution in [1.29, 1.82) is 0 Å². The van der Waals surface area contributed by atoms with E-state index in [0.717, 1.165) is 6.54 Å². The normalized spacial score (nSPS) is 12.9. The van der Waals surface area contributed by atoms with Crippen molar-refractivity contribution >= 4 is 11.3 Å². The average molecular weight is 220 g/mol. The van der Waals surface area contributed by atoms with Gasteiger partial charge in [-0.25, -0.2) is 0 Å². The predicted octanol–water partition coefficient (Wildman–Crippen LogP) is 2.94. The Morgan fingerprint density at radius 1 is 1.47 bits per heavy atom. The Labute approximate surface area is 94.6 Å². The molecule has 1 atom stereocenters. The summed E-state index contributed by atoms with van der Waals surface area (Å²) in [6, 6.07) is 4.75. The second kappa shape index (κ2) is 4.64. The molecule has 0 aromatic carbocycles. The highest BCUT2D eigenvalue weighted by atomic mass is 32.1. The molecule has 0 aliphatic heterocycles. The van der Waals surface area contributed by atoms with Crippen molar-refractivity contribution in [1.82, 2.24) is 9.88 Å². The second-order valence-electron chi connectivity index (χ2n) is 3.84. The van der Waals surface area contributed by atoms with Gasteiger partial charge in [-0.15, -0.1) is 0 Å². The minimum absolute atomic E-state index is 0.427. The molecule has 3 heteroatoms. The van der Waals surface area contributed by atoms with Crippen molar-refractivity contribution < 1.29 is 0 Å². The SMILES string of the molecule is CC(NCc1ccn(C)c1)c1ccsc1. The quantitative estimate of drug-likeness (QED) is 0.838. The summed E-state index contributed by atoms with van der Waals surface area (Å²) in [4.78, 5) is 0. The van der Waals surface area contributed by atoms with Gasteiger partial charge >= 0.3 is 0 Å². The number of aryl methyl sites for hydroxylation is 1. The molecule has 2 rings (SSSR count).